The van der Waals surface area contributed by atoms with E-state index in [1.807, 2.05) is 0 Å². The molecule has 0 radical (unpaired) electrons. The summed E-state index contributed by atoms with van der Waals surface area (Å²) < 4.78 is 0. The fourth-order valence-corrected chi connectivity index (χ4v) is 3.89. The molecule has 4 aliphatic rings. The van der Waals surface area contributed by atoms with Gasteiger partial charge in [-0.25, -0.2) is 0 Å². The molecule has 0 aromatic heterocycles. The van der Waals surface area contributed by atoms with Crippen LogP contribution in [0.4, 0.5) is 0 Å². The van der Waals surface area contributed by atoms with Gasteiger partial charge in [0.15, 0.2) is 0 Å². The van der Waals surface area contributed by atoms with E-state index in [1.165, 1.54) is 55.8 Å². The van der Waals surface area contributed by atoms with E-state index in [9.17, 15) is 0 Å². The highest BCUT2D eigenvalue weighted by Gasteiger charge is 2.39. The van der Waals surface area contributed by atoms with Gasteiger partial charge in [-0.15, -0.1) is 0 Å². The third-order valence-electron chi connectivity index (χ3n) is 4.81. The van der Waals surface area contributed by atoms with Gasteiger partial charge in [-0.1, -0.05) is 17.7 Å². The molecule has 0 aromatic rings. The van der Waals surface area contributed by atoms with Gasteiger partial charge in [-0.2, -0.15) is 0 Å². The predicted octanol–water partition coefficient (Wildman–Crippen LogP) is 3.29. The Morgan fingerprint density at radius 2 is 2.17 bits per heavy atom. The van der Waals surface area contributed by atoms with Crippen molar-refractivity contribution in [1.82, 2.24) is 4.90 Å². The van der Waals surface area contributed by atoms with Crippen LogP contribution in [0.2, 0.25) is 0 Å². The monoisotopic (exact) mass is 240 g/mol. The molecule has 2 heteroatoms. The van der Waals surface area contributed by atoms with E-state index in [0.717, 1.165) is 0 Å². The summed E-state index contributed by atoms with van der Waals surface area (Å²) in [5.74, 6) is 1.24. The van der Waals surface area contributed by atoms with Gasteiger partial charge in [0.1, 0.15) is 0 Å². The summed E-state index contributed by atoms with van der Waals surface area (Å²) >= 11 is 0. The van der Waals surface area contributed by atoms with E-state index in [4.69, 9.17) is 4.99 Å². The minimum atomic E-state index is 0.571. The maximum atomic E-state index is 4.97. The standard InChI is InChI=1S/C16H20N2/c1-11-5-6-14-13(10-11)12-7-9-18-8-3-2-4-15(18)16(12)17-14/h5-6,10,12-13H,2-4,7-9H2,1H3. The molecule has 94 valence electrons. The first-order valence-electron chi connectivity index (χ1n) is 7.26. The first-order valence-corrected chi connectivity index (χ1v) is 7.26. The summed E-state index contributed by atoms with van der Waals surface area (Å²) in [6.07, 6.45) is 12.1. The summed E-state index contributed by atoms with van der Waals surface area (Å²) in [6, 6.07) is 0. The van der Waals surface area contributed by atoms with Crippen LogP contribution < -0.4 is 0 Å². The zero-order valence-corrected chi connectivity index (χ0v) is 11.0. The third kappa shape index (κ3) is 1.44. The van der Waals surface area contributed by atoms with Crippen molar-refractivity contribution in [1.29, 1.82) is 0 Å². The number of rotatable bonds is 0. The maximum Gasteiger partial charge on any atom is 0.0639 e. The van der Waals surface area contributed by atoms with Crippen LogP contribution >= 0.6 is 0 Å². The van der Waals surface area contributed by atoms with E-state index < -0.39 is 0 Å². The van der Waals surface area contributed by atoms with E-state index >= 15 is 0 Å². The summed E-state index contributed by atoms with van der Waals surface area (Å²) in [6.45, 7) is 4.71. The van der Waals surface area contributed by atoms with Crippen LogP contribution in [0.5, 0.6) is 0 Å². The highest BCUT2D eigenvalue weighted by atomic mass is 15.2. The molecule has 0 N–H and O–H groups in total. The molecule has 1 aliphatic carbocycles. The second-order valence-electron chi connectivity index (χ2n) is 5.98. The molecule has 2 nitrogen and oxygen atoms in total. The van der Waals surface area contributed by atoms with Crippen LogP contribution in [0, 0.1) is 11.8 Å². The summed E-state index contributed by atoms with van der Waals surface area (Å²) in [4.78, 5) is 7.57. The molecule has 1 saturated heterocycles. The van der Waals surface area contributed by atoms with Gasteiger partial charge in [-0.05, 0) is 38.7 Å². The number of allylic oxidation sites excluding steroid dienone is 6. The van der Waals surface area contributed by atoms with Crippen molar-refractivity contribution in [3.63, 3.8) is 0 Å². The van der Waals surface area contributed by atoms with Gasteiger partial charge in [0.2, 0.25) is 0 Å². The molecule has 0 bridgehead atoms. The molecule has 0 saturated carbocycles. The molecule has 0 amide bonds. The lowest BCUT2D eigenvalue weighted by Crippen LogP contribution is -2.36. The molecule has 2 unspecified atom stereocenters. The molecule has 0 spiro atoms. The molecule has 4 rings (SSSR count). The quantitative estimate of drug-likeness (QED) is 0.634. The van der Waals surface area contributed by atoms with Crippen molar-refractivity contribution in [2.45, 2.75) is 32.6 Å². The van der Waals surface area contributed by atoms with Crippen LogP contribution in [-0.2, 0) is 0 Å². The van der Waals surface area contributed by atoms with Gasteiger partial charge in [0.25, 0.3) is 0 Å². The van der Waals surface area contributed by atoms with Crippen molar-refractivity contribution in [2.24, 2.45) is 16.8 Å². The number of fused-ring (bicyclic) bond motifs is 4. The van der Waals surface area contributed by atoms with Gasteiger partial charge in [0.05, 0.1) is 5.70 Å². The Balaban J connectivity index is 1.78. The Labute approximate surface area is 109 Å². The summed E-state index contributed by atoms with van der Waals surface area (Å²) in [5, 5.41) is 0. The zero-order chi connectivity index (χ0) is 12.1. The van der Waals surface area contributed by atoms with Gasteiger partial charge in [-0.3, -0.25) is 4.99 Å². The van der Waals surface area contributed by atoms with Crippen LogP contribution in [0.3, 0.4) is 0 Å². The van der Waals surface area contributed by atoms with E-state index in [2.05, 4.69) is 30.1 Å². The van der Waals surface area contributed by atoms with Gasteiger partial charge in [0, 0.05) is 36.3 Å². The number of piperidine rings is 1. The molecular weight excluding hydrogens is 220 g/mol. The van der Waals surface area contributed by atoms with Crippen LogP contribution in [0.15, 0.2) is 40.2 Å². The Morgan fingerprint density at radius 1 is 1.22 bits per heavy atom. The highest BCUT2D eigenvalue weighted by Crippen LogP contribution is 2.44. The molecule has 1 fully saturated rings. The smallest absolute Gasteiger partial charge is 0.0639 e. The average Bonchev–Trinajstić information content (AvgIpc) is 2.77. The molecule has 2 atom stereocenters. The predicted molar refractivity (Wildman–Crippen MR) is 74.4 cm³/mol. The Hall–Kier alpha value is -1.31. The number of hydrogen-bond acceptors (Lipinski definition) is 2. The molecule has 3 heterocycles. The van der Waals surface area contributed by atoms with E-state index in [-0.39, 0.29) is 0 Å². The molecule has 0 aromatic carbocycles. The van der Waals surface area contributed by atoms with Crippen molar-refractivity contribution in [3.05, 3.63) is 35.2 Å². The minimum Gasteiger partial charge on any atom is -0.373 e. The van der Waals surface area contributed by atoms with Crippen molar-refractivity contribution < 1.29 is 0 Å². The van der Waals surface area contributed by atoms with E-state index in [1.54, 1.807) is 5.70 Å². The lowest BCUT2D eigenvalue weighted by molar-refractivity contribution is 0.238. The Kier molecular flexibility index (Phi) is 2.26. The van der Waals surface area contributed by atoms with Crippen molar-refractivity contribution in [3.8, 4) is 0 Å². The van der Waals surface area contributed by atoms with Crippen molar-refractivity contribution in [2.75, 3.05) is 13.1 Å². The topological polar surface area (TPSA) is 15.6 Å². The second-order valence-corrected chi connectivity index (χ2v) is 5.98. The number of nitrogens with zero attached hydrogens (tertiary/aromatic N) is 2. The lowest BCUT2D eigenvalue weighted by Gasteiger charge is -2.39. The SMILES string of the molecule is CC1=CC2C(=NC3=C4CCCCN4CCC32)C=C1. The first kappa shape index (κ1) is 10.6. The van der Waals surface area contributed by atoms with Gasteiger partial charge >= 0.3 is 0 Å². The molecule has 18 heavy (non-hydrogen) atoms. The minimum absolute atomic E-state index is 0.571. The third-order valence-corrected chi connectivity index (χ3v) is 4.81. The molecular formula is C16H20N2. The van der Waals surface area contributed by atoms with Crippen molar-refractivity contribution >= 4 is 5.71 Å². The normalized spacial score (nSPS) is 33.7. The second kappa shape index (κ2) is 3.84. The maximum absolute atomic E-state index is 4.97. The largest absolute Gasteiger partial charge is 0.373 e. The van der Waals surface area contributed by atoms with Crippen LogP contribution in [0.25, 0.3) is 0 Å². The lowest BCUT2D eigenvalue weighted by atomic mass is 9.80. The number of hydrogen-bond donors (Lipinski definition) is 0. The Morgan fingerprint density at radius 3 is 3.11 bits per heavy atom. The number of aliphatic imine (C=N–C) groups is 1. The summed E-state index contributed by atoms with van der Waals surface area (Å²) in [5.41, 5.74) is 5.70. The zero-order valence-electron chi connectivity index (χ0n) is 11.0. The fourth-order valence-electron chi connectivity index (χ4n) is 3.89. The Bertz CT molecular complexity index is 507. The van der Waals surface area contributed by atoms with Gasteiger partial charge < -0.3 is 4.90 Å². The highest BCUT2D eigenvalue weighted by molar-refractivity contribution is 6.02. The summed E-state index contributed by atoms with van der Waals surface area (Å²) in [7, 11) is 0. The molecule has 3 aliphatic heterocycles. The fraction of sp³-hybridized carbons (Fsp3) is 0.562. The van der Waals surface area contributed by atoms with Crippen LogP contribution in [-0.4, -0.2) is 23.7 Å². The average molecular weight is 240 g/mol. The first-order chi connectivity index (χ1) is 8.83. The van der Waals surface area contributed by atoms with E-state index in [0.29, 0.717) is 11.8 Å². The van der Waals surface area contributed by atoms with Crippen LogP contribution in [0.1, 0.15) is 32.6 Å².